The van der Waals surface area contributed by atoms with Crippen molar-refractivity contribution in [1.29, 1.82) is 5.26 Å². The number of aromatic nitrogens is 1. The normalized spacial score (nSPS) is 9.20. The summed E-state index contributed by atoms with van der Waals surface area (Å²) in [4.78, 5) is 4.08. The molecular formula is C7H8N2S. The average Bonchev–Trinajstić information content (AvgIpc) is 2.37. The lowest BCUT2D eigenvalue weighted by Crippen LogP contribution is -1.80. The summed E-state index contributed by atoms with van der Waals surface area (Å²) in [6.07, 6.45) is 2.09. The first-order valence-corrected chi connectivity index (χ1v) is 4.09. The van der Waals surface area contributed by atoms with Crippen LogP contribution < -0.4 is 0 Å². The van der Waals surface area contributed by atoms with Crippen LogP contribution in [0.5, 0.6) is 0 Å². The first-order valence-electron chi connectivity index (χ1n) is 3.21. The van der Waals surface area contributed by atoms with Crippen molar-refractivity contribution in [2.45, 2.75) is 19.8 Å². The van der Waals surface area contributed by atoms with Crippen LogP contribution in [0, 0.1) is 11.3 Å². The second-order valence-corrected chi connectivity index (χ2v) is 2.93. The Labute approximate surface area is 64.1 Å². The molecule has 0 N–H and O–H groups in total. The molecule has 0 aromatic carbocycles. The number of thiazole rings is 1. The molecule has 0 spiro atoms. The molecule has 0 aliphatic carbocycles. The van der Waals surface area contributed by atoms with Crippen LogP contribution in [0.1, 0.15) is 24.0 Å². The minimum Gasteiger partial charge on any atom is -0.231 e. The number of nitrogens with zero attached hydrogens (tertiary/aromatic N) is 2. The molecule has 2 nitrogen and oxygen atoms in total. The lowest BCUT2D eigenvalue weighted by molar-refractivity contribution is 0.907. The van der Waals surface area contributed by atoms with Gasteiger partial charge in [-0.05, 0) is 12.8 Å². The number of rotatable bonds is 2. The molecule has 3 heteroatoms. The Morgan fingerprint density at radius 3 is 3.10 bits per heavy atom. The van der Waals surface area contributed by atoms with E-state index in [1.54, 1.807) is 16.7 Å². The highest BCUT2D eigenvalue weighted by Crippen LogP contribution is 2.10. The van der Waals surface area contributed by atoms with Crippen molar-refractivity contribution < 1.29 is 0 Å². The van der Waals surface area contributed by atoms with Crippen molar-refractivity contribution in [3.8, 4) is 6.07 Å². The number of hydrogen-bond donors (Lipinski definition) is 0. The van der Waals surface area contributed by atoms with Gasteiger partial charge in [-0.25, -0.2) is 4.98 Å². The number of nitriles is 1. The fraction of sp³-hybridized carbons (Fsp3) is 0.429. The van der Waals surface area contributed by atoms with Gasteiger partial charge in [0.1, 0.15) is 6.07 Å². The van der Waals surface area contributed by atoms with Crippen LogP contribution in [-0.4, -0.2) is 4.98 Å². The molecule has 0 saturated carbocycles. The maximum atomic E-state index is 8.41. The maximum absolute atomic E-state index is 8.41. The summed E-state index contributed by atoms with van der Waals surface area (Å²) < 4.78 is 0. The Hall–Kier alpha value is -0.880. The molecule has 1 aromatic heterocycles. The molecule has 0 amide bonds. The smallest absolute Gasteiger partial charge is 0.151 e. The van der Waals surface area contributed by atoms with Crippen LogP contribution in [0.15, 0.2) is 5.38 Å². The summed E-state index contributed by atoms with van der Waals surface area (Å²) in [6, 6.07) is 2.01. The summed E-state index contributed by atoms with van der Waals surface area (Å²) in [5.74, 6) is 0. The summed E-state index contributed by atoms with van der Waals surface area (Å²) in [6.45, 7) is 2.10. The topological polar surface area (TPSA) is 36.7 Å². The van der Waals surface area contributed by atoms with Crippen LogP contribution in [0.2, 0.25) is 0 Å². The molecule has 0 fully saturated rings. The zero-order chi connectivity index (χ0) is 7.40. The highest BCUT2D eigenvalue weighted by Gasteiger charge is 1.97. The highest BCUT2D eigenvalue weighted by atomic mass is 32.1. The lowest BCUT2D eigenvalue weighted by atomic mass is 10.3. The van der Waals surface area contributed by atoms with Crippen molar-refractivity contribution in [1.82, 2.24) is 4.98 Å². The van der Waals surface area contributed by atoms with E-state index in [0.29, 0.717) is 5.69 Å². The van der Waals surface area contributed by atoms with E-state index in [1.807, 2.05) is 6.07 Å². The van der Waals surface area contributed by atoms with Crippen LogP contribution in [-0.2, 0) is 6.42 Å². The van der Waals surface area contributed by atoms with Crippen molar-refractivity contribution in [2.75, 3.05) is 0 Å². The SMILES string of the molecule is CCCc1nc(C#N)cs1. The largest absolute Gasteiger partial charge is 0.231 e. The van der Waals surface area contributed by atoms with Gasteiger partial charge in [-0.15, -0.1) is 11.3 Å². The molecule has 10 heavy (non-hydrogen) atoms. The quantitative estimate of drug-likeness (QED) is 0.649. The van der Waals surface area contributed by atoms with Crippen molar-refractivity contribution >= 4 is 11.3 Å². The Bertz CT molecular complexity index is 246. The third-order valence-corrected chi connectivity index (χ3v) is 2.04. The van der Waals surface area contributed by atoms with Gasteiger partial charge in [0, 0.05) is 5.38 Å². The van der Waals surface area contributed by atoms with Crippen LogP contribution >= 0.6 is 11.3 Å². The van der Waals surface area contributed by atoms with Gasteiger partial charge < -0.3 is 0 Å². The highest BCUT2D eigenvalue weighted by molar-refractivity contribution is 7.09. The van der Waals surface area contributed by atoms with Crippen LogP contribution in [0.3, 0.4) is 0 Å². The van der Waals surface area contributed by atoms with E-state index in [0.717, 1.165) is 17.8 Å². The van der Waals surface area contributed by atoms with E-state index in [2.05, 4.69) is 11.9 Å². The molecule has 0 aliphatic rings. The first-order chi connectivity index (χ1) is 4.86. The minimum atomic E-state index is 0.549. The van der Waals surface area contributed by atoms with E-state index in [9.17, 15) is 0 Å². The van der Waals surface area contributed by atoms with Gasteiger partial charge in [0.25, 0.3) is 0 Å². The third kappa shape index (κ3) is 1.55. The summed E-state index contributed by atoms with van der Waals surface area (Å²) >= 11 is 1.57. The van der Waals surface area contributed by atoms with Crippen molar-refractivity contribution in [2.24, 2.45) is 0 Å². The Morgan fingerprint density at radius 1 is 1.80 bits per heavy atom. The second kappa shape index (κ2) is 3.33. The molecule has 0 aliphatic heterocycles. The summed E-state index contributed by atoms with van der Waals surface area (Å²) in [5, 5.41) is 11.3. The third-order valence-electron chi connectivity index (χ3n) is 1.13. The molecule has 1 aromatic rings. The van der Waals surface area contributed by atoms with Crippen molar-refractivity contribution in [3.63, 3.8) is 0 Å². The maximum Gasteiger partial charge on any atom is 0.151 e. The Balaban J connectivity index is 2.71. The summed E-state index contributed by atoms with van der Waals surface area (Å²) in [7, 11) is 0. The van der Waals surface area contributed by atoms with E-state index in [1.165, 1.54) is 0 Å². The second-order valence-electron chi connectivity index (χ2n) is 1.99. The molecule has 1 heterocycles. The van der Waals surface area contributed by atoms with Gasteiger partial charge in [0.2, 0.25) is 0 Å². The standard InChI is InChI=1S/C7H8N2S/c1-2-3-7-9-6(4-8)5-10-7/h5H,2-3H2,1H3. The van der Waals surface area contributed by atoms with Gasteiger partial charge in [-0.3, -0.25) is 0 Å². The minimum absolute atomic E-state index is 0.549. The number of hydrogen-bond acceptors (Lipinski definition) is 3. The monoisotopic (exact) mass is 152 g/mol. The fourth-order valence-electron chi connectivity index (χ4n) is 0.691. The van der Waals surface area contributed by atoms with Crippen LogP contribution in [0.25, 0.3) is 0 Å². The Kier molecular flexibility index (Phi) is 2.41. The zero-order valence-electron chi connectivity index (χ0n) is 5.79. The van der Waals surface area contributed by atoms with E-state index in [-0.39, 0.29) is 0 Å². The lowest BCUT2D eigenvalue weighted by Gasteiger charge is -1.84. The molecule has 1 rings (SSSR count). The summed E-state index contributed by atoms with van der Waals surface area (Å²) in [5.41, 5.74) is 0.549. The molecule has 0 unspecified atom stereocenters. The molecule has 0 saturated heterocycles. The van der Waals surface area contributed by atoms with Crippen LogP contribution in [0.4, 0.5) is 0 Å². The predicted octanol–water partition coefficient (Wildman–Crippen LogP) is 1.97. The van der Waals surface area contributed by atoms with E-state index < -0.39 is 0 Å². The molecule has 0 bridgehead atoms. The molecule has 0 atom stereocenters. The zero-order valence-corrected chi connectivity index (χ0v) is 6.61. The molecular weight excluding hydrogens is 144 g/mol. The molecule has 52 valence electrons. The van der Waals surface area contributed by atoms with Crippen molar-refractivity contribution in [3.05, 3.63) is 16.1 Å². The Morgan fingerprint density at radius 2 is 2.60 bits per heavy atom. The van der Waals surface area contributed by atoms with Gasteiger partial charge in [-0.1, -0.05) is 6.92 Å². The van der Waals surface area contributed by atoms with E-state index in [4.69, 9.17) is 5.26 Å². The van der Waals surface area contributed by atoms with Gasteiger partial charge in [0.05, 0.1) is 5.01 Å². The first kappa shape index (κ1) is 7.23. The van der Waals surface area contributed by atoms with Gasteiger partial charge in [0.15, 0.2) is 5.69 Å². The van der Waals surface area contributed by atoms with Gasteiger partial charge >= 0.3 is 0 Å². The number of aryl methyl sites for hydroxylation is 1. The van der Waals surface area contributed by atoms with Gasteiger partial charge in [-0.2, -0.15) is 5.26 Å². The van der Waals surface area contributed by atoms with E-state index >= 15 is 0 Å². The fourth-order valence-corrected chi connectivity index (χ4v) is 1.52. The predicted molar refractivity (Wildman–Crippen MR) is 40.8 cm³/mol. The average molecular weight is 152 g/mol. The molecule has 0 radical (unpaired) electrons.